The third-order valence-electron chi connectivity index (χ3n) is 4.32. The zero-order valence-corrected chi connectivity index (χ0v) is 13.6. The highest BCUT2D eigenvalue weighted by atomic mass is 35.5. The van der Waals surface area contributed by atoms with Crippen molar-refractivity contribution in [1.82, 2.24) is 9.97 Å². The van der Waals surface area contributed by atoms with Gasteiger partial charge in [0.15, 0.2) is 0 Å². The van der Waals surface area contributed by atoms with Crippen LogP contribution in [0.5, 0.6) is 0 Å². The van der Waals surface area contributed by atoms with Crippen LogP contribution in [0.4, 0.5) is 5.82 Å². The van der Waals surface area contributed by atoms with E-state index in [1.165, 1.54) is 0 Å². The molecule has 2 aromatic rings. The highest BCUT2D eigenvalue weighted by Gasteiger charge is 2.34. The lowest BCUT2D eigenvalue weighted by atomic mass is 9.84. The van der Waals surface area contributed by atoms with Gasteiger partial charge in [0.25, 0.3) is 0 Å². The average molecular weight is 318 g/mol. The molecule has 0 atom stereocenters. The summed E-state index contributed by atoms with van der Waals surface area (Å²) in [6, 6.07) is 7.49. The zero-order valence-electron chi connectivity index (χ0n) is 12.9. The van der Waals surface area contributed by atoms with Crippen LogP contribution in [0.1, 0.15) is 29.8 Å². The Morgan fingerprint density at radius 1 is 1.14 bits per heavy atom. The fourth-order valence-electron chi connectivity index (χ4n) is 2.96. The lowest BCUT2D eigenvalue weighted by Crippen LogP contribution is -2.43. The molecule has 0 bridgehead atoms. The molecule has 1 aliphatic rings. The summed E-state index contributed by atoms with van der Waals surface area (Å²) in [5.74, 6) is 0.929. The lowest BCUT2D eigenvalue weighted by Gasteiger charge is -2.39. The van der Waals surface area contributed by atoms with E-state index in [2.05, 4.69) is 14.9 Å². The lowest BCUT2D eigenvalue weighted by molar-refractivity contribution is 0.0116. The van der Waals surface area contributed by atoms with E-state index in [1.807, 2.05) is 38.1 Å². The fraction of sp³-hybridized carbons (Fsp3) is 0.412. The summed E-state index contributed by atoms with van der Waals surface area (Å²) in [5.41, 5.74) is 2.00. The first-order valence-corrected chi connectivity index (χ1v) is 7.89. The van der Waals surface area contributed by atoms with Crippen molar-refractivity contribution in [3.8, 4) is 0 Å². The molecule has 1 fully saturated rings. The Balaban J connectivity index is 1.77. The second-order valence-electron chi connectivity index (χ2n) is 5.95. The first-order valence-electron chi connectivity index (χ1n) is 7.51. The minimum absolute atomic E-state index is 0.670. The molecule has 2 heterocycles. The fourth-order valence-corrected chi connectivity index (χ4v) is 3.09. The summed E-state index contributed by atoms with van der Waals surface area (Å²) in [7, 11) is 0. The molecule has 0 unspecified atom stereocenters. The molecule has 0 radical (unpaired) electrons. The first kappa shape index (κ1) is 15.3. The number of nitrogens with zero attached hydrogens (tertiary/aromatic N) is 3. The molecule has 0 amide bonds. The van der Waals surface area contributed by atoms with Crippen molar-refractivity contribution >= 4 is 17.4 Å². The summed E-state index contributed by atoms with van der Waals surface area (Å²) in [5, 5.41) is 11.6. The standard InChI is InChI=1S/C17H20ClN3O/c1-12-11-19-13(2)16(20-12)21-9-7-17(22,8-10-21)14-3-5-15(18)6-4-14/h3-6,11,22H,7-10H2,1-2H3. The van der Waals surface area contributed by atoms with Crippen LogP contribution in [0, 0.1) is 13.8 Å². The SMILES string of the molecule is Cc1cnc(C)c(N2CCC(O)(c3ccc(Cl)cc3)CC2)n1. The molecule has 0 saturated carbocycles. The molecule has 0 aliphatic carbocycles. The van der Waals surface area contributed by atoms with Gasteiger partial charge >= 0.3 is 0 Å². The molecule has 5 heteroatoms. The van der Waals surface area contributed by atoms with Crippen LogP contribution in [0.25, 0.3) is 0 Å². The van der Waals surface area contributed by atoms with Gasteiger partial charge in [-0.25, -0.2) is 4.98 Å². The Bertz CT molecular complexity index is 664. The number of aromatic nitrogens is 2. The van der Waals surface area contributed by atoms with Gasteiger partial charge in [0.1, 0.15) is 5.82 Å². The Morgan fingerprint density at radius 3 is 2.41 bits per heavy atom. The highest BCUT2D eigenvalue weighted by Crippen LogP contribution is 2.35. The van der Waals surface area contributed by atoms with Crippen LogP contribution in [0.3, 0.4) is 0 Å². The molecule has 3 rings (SSSR count). The maximum atomic E-state index is 10.9. The monoisotopic (exact) mass is 317 g/mol. The van der Waals surface area contributed by atoms with Crippen molar-refractivity contribution < 1.29 is 5.11 Å². The topological polar surface area (TPSA) is 49.2 Å². The van der Waals surface area contributed by atoms with Gasteiger partial charge in [-0.2, -0.15) is 0 Å². The number of benzene rings is 1. The smallest absolute Gasteiger partial charge is 0.150 e. The number of hydrogen-bond donors (Lipinski definition) is 1. The Morgan fingerprint density at radius 2 is 1.77 bits per heavy atom. The summed E-state index contributed by atoms with van der Waals surface area (Å²) in [4.78, 5) is 11.2. The minimum Gasteiger partial charge on any atom is -0.385 e. The van der Waals surface area contributed by atoms with E-state index in [4.69, 9.17) is 11.6 Å². The van der Waals surface area contributed by atoms with E-state index in [9.17, 15) is 5.11 Å². The number of rotatable bonds is 2. The first-order chi connectivity index (χ1) is 10.5. The van der Waals surface area contributed by atoms with Gasteiger partial charge in [-0.15, -0.1) is 0 Å². The van der Waals surface area contributed by atoms with Crippen molar-refractivity contribution in [2.75, 3.05) is 18.0 Å². The van der Waals surface area contributed by atoms with Crippen molar-refractivity contribution in [3.05, 3.63) is 52.4 Å². The second kappa shape index (κ2) is 5.86. The van der Waals surface area contributed by atoms with Crippen LogP contribution >= 0.6 is 11.6 Å². The molecule has 1 saturated heterocycles. The van der Waals surface area contributed by atoms with Crippen LogP contribution in [0.15, 0.2) is 30.5 Å². The highest BCUT2D eigenvalue weighted by molar-refractivity contribution is 6.30. The summed E-state index contributed by atoms with van der Waals surface area (Å²) in [6.07, 6.45) is 3.13. The Hall–Kier alpha value is -1.65. The van der Waals surface area contributed by atoms with Crippen molar-refractivity contribution in [3.63, 3.8) is 0 Å². The van der Waals surface area contributed by atoms with Crippen LogP contribution in [-0.2, 0) is 5.60 Å². The van der Waals surface area contributed by atoms with Gasteiger partial charge < -0.3 is 10.0 Å². The third-order valence-corrected chi connectivity index (χ3v) is 4.57. The number of halogens is 1. The van der Waals surface area contributed by atoms with Gasteiger partial charge in [-0.05, 0) is 44.4 Å². The van der Waals surface area contributed by atoms with Crippen molar-refractivity contribution in [1.29, 1.82) is 0 Å². The van der Waals surface area contributed by atoms with Gasteiger partial charge in [0, 0.05) is 24.3 Å². The van der Waals surface area contributed by atoms with Gasteiger partial charge in [0.05, 0.1) is 17.0 Å². The average Bonchev–Trinajstić information content (AvgIpc) is 2.51. The summed E-state index contributed by atoms with van der Waals surface area (Å²) in [6.45, 7) is 5.45. The molecule has 22 heavy (non-hydrogen) atoms. The quantitative estimate of drug-likeness (QED) is 0.924. The third kappa shape index (κ3) is 2.94. The van der Waals surface area contributed by atoms with Crippen LogP contribution in [0.2, 0.25) is 5.02 Å². The maximum Gasteiger partial charge on any atom is 0.150 e. The number of hydrogen-bond acceptors (Lipinski definition) is 4. The molecule has 1 N–H and O–H groups in total. The van der Waals surface area contributed by atoms with E-state index < -0.39 is 5.60 Å². The molecule has 4 nitrogen and oxygen atoms in total. The number of aliphatic hydroxyl groups is 1. The minimum atomic E-state index is -0.785. The Kier molecular flexibility index (Phi) is 4.06. The molecule has 116 valence electrons. The number of anilines is 1. The number of piperidine rings is 1. The maximum absolute atomic E-state index is 10.9. The molecule has 1 aromatic carbocycles. The predicted molar refractivity (Wildman–Crippen MR) is 88.3 cm³/mol. The van der Waals surface area contributed by atoms with E-state index in [0.717, 1.165) is 35.9 Å². The van der Waals surface area contributed by atoms with Gasteiger partial charge in [-0.3, -0.25) is 4.98 Å². The van der Waals surface area contributed by atoms with E-state index in [-0.39, 0.29) is 0 Å². The Labute approximate surface area is 135 Å². The second-order valence-corrected chi connectivity index (χ2v) is 6.38. The normalized spacial score (nSPS) is 17.5. The van der Waals surface area contributed by atoms with Crippen LogP contribution in [-0.4, -0.2) is 28.2 Å². The molecular formula is C17H20ClN3O. The van der Waals surface area contributed by atoms with Crippen LogP contribution < -0.4 is 4.90 Å². The predicted octanol–water partition coefficient (Wildman–Crippen LogP) is 3.23. The van der Waals surface area contributed by atoms with Gasteiger partial charge in [0.2, 0.25) is 0 Å². The molecule has 1 aliphatic heterocycles. The summed E-state index contributed by atoms with van der Waals surface area (Å²) >= 11 is 5.93. The molecular weight excluding hydrogens is 298 g/mol. The van der Waals surface area contributed by atoms with Gasteiger partial charge in [-0.1, -0.05) is 23.7 Å². The van der Waals surface area contributed by atoms with E-state index >= 15 is 0 Å². The van der Waals surface area contributed by atoms with Crippen molar-refractivity contribution in [2.24, 2.45) is 0 Å². The van der Waals surface area contributed by atoms with E-state index in [1.54, 1.807) is 6.20 Å². The molecule has 1 aromatic heterocycles. The zero-order chi connectivity index (χ0) is 15.7. The summed E-state index contributed by atoms with van der Waals surface area (Å²) < 4.78 is 0. The van der Waals surface area contributed by atoms with Crippen molar-refractivity contribution in [2.45, 2.75) is 32.3 Å². The number of aryl methyl sites for hydroxylation is 2. The largest absolute Gasteiger partial charge is 0.385 e. The van der Waals surface area contributed by atoms with E-state index in [0.29, 0.717) is 17.9 Å². The molecule has 0 spiro atoms.